The van der Waals surface area contributed by atoms with E-state index in [4.69, 9.17) is 0 Å². The van der Waals surface area contributed by atoms with Crippen LogP contribution in [0.5, 0.6) is 0 Å². The number of carbonyl (C=O) groups excluding carboxylic acids is 2. The van der Waals surface area contributed by atoms with Crippen molar-refractivity contribution in [2.45, 2.75) is 31.7 Å². The van der Waals surface area contributed by atoms with E-state index in [1.807, 2.05) is 35.2 Å². The Kier molecular flexibility index (Phi) is 7.06. The van der Waals surface area contributed by atoms with E-state index in [0.29, 0.717) is 13.0 Å². The van der Waals surface area contributed by atoms with E-state index >= 15 is 0 Å². The average molecular weight is 352 g/mol. The molecule has 0 radical (unpaired) electrons. The van der Waals surface area contributed by atoms with Gasteiger partial charge in [-0.2, -0.15) is 0 Å². The lowest BCUT2D eigenvalue weighted by Gasteiger charge is -2.32. The summed E-state index contributed by atoms with van der Waals surface area (Å²) in [7, 11) is 0. The summed E-state index contributed by atoms with van der Waals surface area (Å²) in [6.07, 6.45) is 3.19. The third-order valence-electron chi connectivity index (χ3n) is 4.75. The maximum atomic E-state index is 12.5. The number of hydrogen-bond donors (Lipinski definition) is 2. The number of benzene rings is 1. The second-order valence-electron chi connectivity index (χ2n) is 6.54. The van der Waals surface area contributed by atoms with Crippen LogP contribution < -0.4 is 10.6 Å². The number of nitrogens with one attached hydrogen (secondary N) is 2. The van der Waals surface area contributed by atoms with Gasteiger partial charge in [0.2, 0.25) is 11.8 Å². The minimum atomic E-state index is -0.0657. The molecule has 2 unspecified atom stereocenters. The van der Waals surface area contributed by atoms with Crippen LogP contribution in [0.25, 0.3) is 0 Å². The molecule has 0 aliphatic carbocycles. The lowest BCUT2D eigenvalue weighted by Crippen LogP contribution is -2.48. The van der Waals surface area contributed by atoms with Crippen molar-refractivity contribution in [2.24, 2.45) is 5.92 Å². The van der Waals surface area contributed by atoms with Gasteiger partial charge in [-0.1, -0.05) is 30.3 Å². The van der Waals surface area contributed by atoms with Crippen molar-refractivity contribution in [3.05, 3.63) is 35.9 Å². The van der Waals surface area contributed by atoms with Crippen LogP contribution in [0.2, 0.25) is 0 Å². The Morgan fingerprint density at radius 3 is 2.71 bits per heavy atom. The SMILES string of the molecule is Cl.O=C(NC1CCNC1)C1CCCN(C(=O)Cc2ccccc2)C1. The summed E-state index contributed by atoms with van der Waals surface area (Å²) in [5.74, 6) is 0.163. The summed E-state index contributed by atoms with van der Waals surface area (Å²) in [4.78, 5) is 26.7. The van der Waals surface area contributed by atoms with Crippen LogP contribution in [-0.4, -0.2) is 48.9 Å². The quantitative estimate of drug-likeness (QED) is 0.861. The molecule has 0 bridgehead atoms. The van der Waals surface area contributed by atoms with Gasteiger partial charge in [0, 0.05) is 25.7 Å². The molecule has 6 heteroatoms. The van der Waals surface area contributed by atoms with Gasteiger partial charge in [-0.25, -0.2) is 0 Å². The first-order valence-corrected chi connectivity index (χ1v) is 8.55. The van der Waals surface area contributed by atoms with Crippen LogP contribution in [0.4, 0.5) is 0 Å². The number of piperidine rings is 1. The average Bonchev–Trinajstić information content (AvgIpc) is 3.09. The summed E-state index contributed by atoms with van der Waals surface area (Å²) < 4.78 is 0. The molecule has 3 rings (SSSR count). The second kappa shape index (κ2) is 9.04. The van der Waals surface area contributed by atoms with Gasteiger partial charge in [0.05, 0.1) is 12.3 Å². The van der Waals surface area contributed by atoms with E-state index in [0.717, 1.165) is 44.5 Å². The molecule has 2 fully saturated rings. The molecular weight excluding hydrogens is 326 g/mol. The molecule has 1 aromatic rings. The topological polar surface area (TPSA) is 61.4 Å². The van der Waals surface area contributed by atoms with Crippen molar-refractivity contribution >= 4 is 24.2 Å². The molecule has 2 aliphatic rings. The maximum absolute atomic E-state index is 12.5. The summed E-state index contributed by atoms with van der Waals surface area (Å²) in [5, 5.41) is 6.37. The van der Waals surface area contributed by atoms with Gasteiger partial charge >= 0.3 is 0 Å². The minimum absolute atomic E-state index is 0. The zero-order chi connectivity index (χ0) is 16.1. The Bertz CT molecular complexity index is 546. The fourth-order valence-electron chi connectivity index (χ4n) is 3.40. The van der Waals surface area contributed by atoms with Crippen molar-refractivity contribution in [3.8, 4) is 0 Å². The third kappa shape index (κ3) is 4.95. The minimum Gasteiger partial charge on any atom is -0.352 e. The van der Waals surface area contributed by atoms with E-state index in [1.165, 1.54) is 0 Å². The lowest BCUT2D eigenvalue weighted by atomic mass is 9.96. The number of hydrogen-bond acceptors (Lipinski definition) is 3. The summed E-state index contributed by atoms with van der Waals surface area (Å²) >= 11 is 0. The van der Waals surface area contributed by atoms with Gasteiger partial charge in [0.1, 0.15) is 0 Å². The molecule has 24 heavy (non-hydrogen) atoms. The lowest BCUT2D eigenvalue weighted by molar-refractivity contribution is -0.135. The van der Waals surface area contributed by atoms with E-state index < -0.39 is 0 Å². The Morgan fingerprint density at radius 2 is 2.00 bits per heavy atom. The first kappa shape index (κ1) is 18.7. The van der Waals surface area contributed by atoms with Crippen LogP contribution in [-0.2, 0) is 16.0 Å². The summed E-state index contributed by atoms with van der Waals surface area (Å²) in [6, 6.07) is 10.0. The normalized spacial score (nSPS) is 23.4. The van der Waals surface area contributed by atoms with Crippen LogP contribution in [0.3, 0.4) is 0 Å². The van der Waals surface area contributed by atoms with Gasteiger partial charge in [0.25, 0.3) is 0 Å². The third-order valence-corrected chi connectivity index (χ3v) is 4.75. The van der Waals surface area contributed by atoms with Gasteiger partial charge in [-0.3, -0.25) is 9.59 Å². The number of amides is 2. The summed E-state index contributed by atoms with van der Waals surface area (Å²) in [5.41, 5.74) is 1.03. The molecule has 2 amide bonds. The zero-order valence-corrected chi connectivity index (χ0v) is 14.7. The van der Waals surface area contributed by atoms with Gasteiger partial charge in [0.15, 0.2) is 0 Å². The highest BCUT2D eigenvalue weighted by atomic mass is 35.5. The van der Waals surface area contributed by atoms with Crippen molar-refractivity contribution in [3.63, 3.8) is 0 Å². The van der Waals surface area contributed by atoms with E-state index in [1.54, 1.807) is 0 Å². The molecule has 2 aliphatic heterocycles. The van der Waals surface area contributed by atoms with Crippen LogP contribution in [0, 0.1) is 5.92 Å². The molecule has 2 saturated heterocycles. The Balaban J connectivity index is 0.00000208. The van der Waals surface area contributed by atoms with E-state index in [9.17, 15) is 9.59 Å². The highest BCUT2D eigenvalue weighted by Gasteiger charge is 2.29. The van der Waals surface area contributed by atoms with E-state index in [2.05, 4.69) is 10.6 Å². The number of halogens is 1. The Morgan fingerprint density at radius 1 is 1.21 bits per heavy atom. The first-order valence-electron chi connectivity index (χ1n) is 8.55. The van der Waals surface area contributed by atoms with Crippen molar-refractivity contribution in [1.82, 2.24) is 15.5 Å². The molecular formula is C18H26ClN3O2. The zero-order valence-electron chi connectivity index (χ0n) is 13.9. The molecule has 1 aromatic carbocycles. The fourth-order valence-corrected chi connectivity index (χ4v) is 3.40. The molecule has 5 nitrogen and oxygen atoms in total. The monoisotopic (exact) mass is 351 g/mol. The second-order valence-corrected chi connectivity index (χ2v) is 6.54. The number of nitrogens with zero attached hydrogens (tertiary/aromatic N) is 1. The highest BCUT2D eigenvalue weighted by Crippen LogP contribution is 2.18. The summed E-state index contributed by atoms with van der Waals surface area (Å²) in [6.45, 7) is 3.14. The smallest absolute Gasteiger partial charge is 0.227 e. The van der Waals surface area contributed by atoms with Gasteiger partial charge < -0.3 is 15.5 Å². The molecule has 0 aromatic heterocycles. The van der Waals surface area contributed by atoms with Gasteiger partial charge in [-0.15, -0.1) is 12.4 Å². The van der Waals surface area contributed by atoms with Crippen LogP contribution in [0.1, 0.15) is 24.8 Å². The molecule has 132 valence electrons. The predicted octanol–water partition coefficient (Wildman–Crippen LogP) is 1.37. The van der Waals surface area contributed by atoms with Gasteiger partial charge in [-0.05, 0) is 31.4 Å². The molecule has 2 N–H and O–H groups in total. The highest BCUT2D eigenvalue weighted by molar-refractivity contribution is 5.85. The Hall–Kier alpha value is -1.59. The molecule has 2 heterocycles. The van der Waals surface area contributed by atoms with Crippen molar-refractivity contribution < 1.29 is 9.59 Å². The maximum Gasteiger partial charge on any atom is 0.227 e. The van der Waals surface area contributed by atoms with E-state index in [-0.39, 0.29) is 36.2 Å². The predicted molar refractivity (Wildman–Crippen MR) is 96.1 cm³/mol. The Labute approximate surface area is 149 Å². The first-order chi connectivity index (χ1) is 11.2. The van der Waals surface area contributed by atoms with Crippen LogP contribution >= 0.6 is 12.4 Å². The van der Waals surface area contributed by atoms with Crippen LogP contribution in [0.15, 0.2) is 30.3 Å². The van der Waals surface area contributed by atoms with Crippen molar-refractivity contribution in [1.29, 1.82) is 0 Å². The number of carbonyl (C=O) groups is 2. The molecule has 0 spiro atoms. The molecule has 0 saturated carbocycles. The molecule has 2 atom stereocenters. The number of rotatable bonds is 4. The largest absolute Gasteiger partial charge is 0.352 e. The standard InChI is InChI=1S/C18H25N3O2.ClH/c22-17(11-14-5-2-1-3-6-14)21-10-4-7-15(13-21)18(23)20-16-8-9-19-12-16;/h1-3,5-6,15-16,19H,4,7-13H2,(H,20,23);1H. The fraction of sp³-hybridized carbons (Fsp3) is 0.556. The van der Waals surface area contributed by atoms with Crippen molar-refractivity contribution in [2.75, 3.05) is 26.2 Å². The number of likely N-dealkylation sites (tertiary alicyclic amines) is 1.